The van der Waals surface area contributed by atoms with Crippen molar-refractivity contribution in [3.63, 3.8) is 0 Å². The molecule has 0 spiro atoms. The van der Waals surface area contributed by atoms with Gasteiger partial charge in [-0.25, -0.2) is 0 Å². The Hall–Kier alpha value is -6.38. The summed E-state index contributed by atoms with van der Waals surface area (Å²) in [6.07, 6.45) is 8.93. The molecule has 0 amide bonds. The zero-order chi connectivity index (χ0) is 36.0. The minimum atomic E-state index is 0.775. The van der Waals surface area contributed by atoms with Crippen LogP contribution in [0, 0.1) is 0 Å². The molecule has 8 aromatic rings. The van der Waals surface area contributed by atoms with Gasteiger partial charge in [-0.3, -0.25) is 0 Å². The monoisotopic (exact) mass is 694 g/mol. The average Bonchev–Trinajstić information content (AvgIpc) is 3.50. The molecule has 0 radical (unpaired) electrons. The van der Waals surface area contributed by atoms with Crippen LogP contribution in [0.1, 0.15) is 29.2 Å². The fourth-order valence-electron chi connectivity index (χ4n) is 9.01. The molecule has 0 saturated carbocycles. The number of benzene rings is 8. The van der Waals surface area contributed by atoms with Gasteiger partial charge in [-0.05, 0) is 147 Å². The maximum absolute atomic E-state index is 2.52. The lowest BCUT2D eigenvalue weighted by Gasteiger charge is -2.28. The van der Waals surface area contributed by atoms with Gasteiger partial charge in [0.2, 0.25) is 0 Å². The molecule has 8 aromatic carbocycles. The van der Waals surface area contributed by atoms with Crippen LogP contribution in [0.3, 0.4) is 0 Å². The molecule has 0 bridgehead atoms. The van der Waals surface area contributed by atoms with Crippen molar-refractivity contribution in [1.82, 2.24) is 0 Å². The maximum atomic E-state index is 2.52. The Kier molecular flexibility index (Phi) is 8.10. The first-order valence-corrected chi connectivity index (χ1v) is 19.4. The van der Waals surface area contributed by atoms with Crippen molar-refractivity contribution in [2.24, 2.45) is 0 Å². The third kappa shape index (κ3) is 5.58. The SMILES string of the molecule is C/C=c1/c(-c2ccc3ccccc3c2)c2cc(N3c4ccccc4CCc4ccccc43)ccc2c/c1=C/CN1c2ccccc2CCc2ccccc21. The van der Waals surface area contributed by atoms with E-state index in [1.54, 1.807) is 0 Å². The lowest BCUT2D eigenvalue weighted by atomic mass is 9.92. The molecular formula is C52H42N2. The standard InChI is InChI=1S/C52H42N2/c1-2-46-43(31-32-53-48-19-9-5-14-37(48)24-25-38-15-6-10-20-49(38)53)34-42-29-30-45(35-47(42)52(46)44-28-23-36-13-3-4-18-41(36)33-44)54-50-21-11-7-16-39(50)26-27-40-17-8-12-22-51(40)54/h2-23,28-31,33-35H,24-27,32H2,1H3/b43-31-,46-2+. The van der Waals surface area contributed by atoms with Gasteiger partial charge in [0.25, 0.3) is 0 Å². The maximum Gasteiger partial charge on any atom is 0.0493 e. The normalized spacial score (nSPS) is 14.3. The Bertz CT molecular complexity index is 2750. The van der Waals surface area contributed by atoms with Crippen LogP contribution in [0.15, 0.2) is 164 Å². The van der Waals surface area contributed by atoms with Gasteiger partial charge in [0.1, 0.15) is 0 Å². The molecule has 260 valence electrons. The van der Waals surface area contributed by atoms with Gasteiger partial charge >= 0.3 is 0 Å². The van der Waals surface area contributed by atoms with E-state index in [0.29, 0.717) is 0 Å². The number of hydrogen-bond donors (Lipinski definition) is 0. The van der Waals surface area contributed by atoms with Gasteiger partial charge in [0.15, 0.2) is 0 Å². The fourth-order valence-corrected chi connectivity index (χ4v) is 9.01. The van der Waals surface area contributed by atoms with E-state index in [0.717, 1.165) is 32.2 Å². The molecule has 2 heterocycles. The van der Waals surface area contributed by atoms with Crippen LogP contribution >= 0.6 is 0 Å². The highest BCUT2D eigenvalue weighted by Gasteiger charge is 2.23. The van der Waals surface area contributed by atoms with Gasteiger partial charge in [-0.2, -0.15) is 0 Å². The van der Waals surface area contributed by atoms with Crippen LogP contribution in [0.2, 0.25) is 0 Å². The summed E-state index contributed by atoms with van der Waals surface area (Å²) in [4.78, 5) is 5.01. The number of aryl methyl sites for hydroxylation is 4. The van der Waals surface area contributed by atoms with E-state index < -0.39 is 0 Å². The molecule has 0 aromatic heterocycles. The lowest BCUT2D eigenvalue weighted by molar-refractivity contribution is 0.977. The quantitative estimate of drug-likeness (QED) is 0.181. The van der Waals surface area contributed by atoms with Crippen LogP contribution in [0.25, 0.3) is 44.8 Å². The first kappa shape index (κ1) is 32.3. The average molecular weight is 695 g/mol. The largest absolute Gasteiger partial charge is 0.337 e. The van der Waals surface area contributed by atoms with Crippen LogP contribution in [-0.2, 0) is 25.7 Å². The second-order valence-electron chi connectivity index (χ2n) is 14.7. The van der Waals surface area contributed by atoms with Crippen molar-refractivity contribution < 1.29 is 0 Å². The summed E-state index contributed by atoms with van der Waals surface area (Å²) in [7, 11) is 0. The summed E-state index contributed by atoms with van der Waals surface area (Å²) in [5.41, 5.74) is 14.4. The molecule has 0 fully saturated rings. The molecule has 2 aliphatic rings. The summed E-state index contributed by atoms with van der Waals surface area (Å²) >= 11 is 0. The van der Waals surface area contributed by atoms with E-state index in [2.05, 4.69) is 193 Å². The van der Waals surface area contributed by atoms with E-state index >= 15 is 0 Å². The summed E-state index contributed by atoms with van der Waals surface area (Å²) in [6, 6.07) is 61.0. The molecule has 2 nitrogen and oxygen atoms in total. The Morgan fingerprint density at radius 2 is 1.00 bits per heavy atom. The zero-order valence-corrected chi connectivity index (χ0v) is 30.7. The minimum Gasteiger partial charge on any atom is -0.337 e. The molecular weight excluding hydrogens is 653 g/mol. The number of para-hydroxylation sites is 4. The molecule has 2 aliphatic heterocycles. The van der Waals surface area contributed by atoms with Crippen LogP contribution in [-0.4, -0.2) is 6.54 Å². The molecule has 0 atom stereocenters. The predicted molar refractivity (Wildman–Crippen MR) is 230 cm³/mol. The molecule has 54 heavy (non-hydrogen) atoms. The second-order valence-corrected chi connectivity index (χ2v) is 14.7. The van der Waals surface area contributed by atoms with Crippen molar-refractivity contribution in [3.8, 4) is 11.1 Å². The number of rotatable bonds is 4. The van der Waals surface area contributed by atoms with E-state index in [9.17, 15) is 0 Å². The lowest BCUT2D eigenvalue weighted by Crippen LogP contribution is -2.29. The summed E-state index contributed by atoms with van der Waals surface area (Å²) in [5, 5.41) is 7.54. The molecule has 0 aliphatic carbocycles. The van der Waals surface area contributed by atoms with E-state index in [4.69, 9.17) is 0 Å². The van der Waals surface area contributed by atoms with Crippen molar-refractivity contribution >= 4 is 62.1 Å². The first-order chi connectivity index (χ1) is 26.7. The van der Waals surface area contributed by atoms with Crippen molar-refractivity contribution in [3.05, 3.63) is 196 Å². The smallest absolute Gasteiger partial charge is 0.0493 e. The number of fused-ring (bicyclic) bond motifs is 6. The molecule has 10 rings (SSSR count). The minimum absolute atomic E-state index is 0.775. The molecule has 0 N–H and O–H groups in total. The summed E-state index contributed by atoms with van der Waals surface area (Å²) in [5.74, 6) is 0. The van der Waals surface area contributed by atoms with Crippen molar-refractivity contribution in [2.75, 3.05) is 16.3 Å². The van der Waals surface area contributed by atoms with Gasteiger partial charge in [-0.1, -0.05) is 127 Å². The van der Waals surface area contributed by atoms with Gasteiger partial charge in [0, 0.05) is 35.0 Å². The van der Waals surface area contributed by atoms with E-state index in [-0.39, 0.29) is 0 Å². The number of nitrogens with zero attached hydrogens (tertiary/aromatic N) is 2. The third-order valence-corrected chi connectivity index (χ3v) is 11.6. The number of hydrogen-bond acceptors (Lipinski definition) is 2. The van der Waals surface area contributed by atoms with Crippen LogP contribution in [0.5, 0.6) is 0 Å². The van der Waals surface area contributed by atoms with E-state index in [1.165, 1.54) is 93.8 Å². The van der Waals surface area contributed by atoms with E-state index in [1.807, 2.05) is 0 Å². The van der Waals surface area contributed by atoms with Crippen LogP contribution < -0.4 is 20.2 Å². The third-order valence-electron chi connectivity index (χ3n) is 11.6. The van der Waals surface area contributed by atoms with Crippen molar-refractivity contribution in [1.29, 1.82) is 0 Å². The Morgan fingerprint density at radius 1 is 0.481 bits per heavy atom. The Labute approximate surface area is 317 Å². The van der Waals surface area contributed by atoms with Gasteiger partial charge < -0.3 is 9.80 Å². The number of anilines is 5. The van der Waals surface area contributed by atoms with Crippen LogP contribution in [0.4, 0.5) is 28.4 Å². The first-order valence-electron chi connectivity index (χ1n) is 19.4. The zero-order valence-electron chi connectivity index (χ0n) is 30.7. The molecule has 0 saturated heterocycles. The highest BCUT2D eigenvalue weighted by molar-refractivity contribution is 6.02. The second kappa shape index (κ2) is 13.5. The van der Waals surface area contributed by atoms with Gasteiger partial charge in [-0.15, -0.1) is 0 Å². The van der Waals surface area contributed by atoms with Gasteiger partial charge in [0.05, 0.1) is 0 Å². The topological polar surface area (TPSA) is 6.48 Å². The summed E-state index contributed by atoms with van der Waals surface area (Å²) < 4.78 is 0. The molecule has 2 heteroatoms. The molecule has 0 unspecified atom stereocenters. The highest BCUT2D eigenvalue weighted by Crippen LogP contribution is 2.43. The fraction of sp³-hybridized carbons (Fsp3) is 0.115. The predicted octanol–water partition coefficient (Wildman–Crippen LogP) is 11.7. The summed E-state index contributed by atoms with van der Waals surface area (Å²) in [6.45, 7) is 2.97. The Balaban J connectivity index is 1.21. The van der Waals surface area contributed by atoms with Crippen molar-refractivity contribution in [2.45, 2.75) is 32.6 Å². The Morgan fingerprint density at radius 3 is 1.61 bits per heavy atom. The highest BCUT2D eigenvalue weighted by atomic mass is 15.2.